The molecule has 3 amide bonds. The maximum absolute atomic E-state index is 13.3. The summed E-state index contributed by atoms with van der Waals surface area (Å²) >= 11 is 1.35. The lowest BCUT2D eigenvalue weighted by molar-refractivity contribution is -0.115. The fourth-order valence-electron chi connectivity index (χ4n) is 3.70. The number of rotatable bonds is 9. The minimum absolute atomic E-state index is 0.104. The molecule has 8 heteroatoms. The van der Waals surface area contributed by atoms with Crippen LogP contribution in [-0.4, -0.2) is 23.0 Å². The van der Waals surface area contributed by atoms with Gasteiger partial charge in [-0.2, -0.15) is 0 Å². The molecule has 40 heavy (non-hydrogen) atoms. The molecule has 0 aliphatic heterocycles. The third-order valence-corrected chi connectivity index (χ3v) is 7.04. The van der Waals surface area contributed by atoms with Crippen molar-refractivity contribution in [1.29, 1.82) is 0 Å². The standard InChI is InChI=1S/C32H28FN3O3S/c1-21-8-6-7-11-24(21)20-29(36-31(38)23-9-4-3-5-10-23)32(39)35-27-16-18-28(19-17-27)40-22(2)30(37)34-26-14-12-25(33)13-15-26/h3-20,22H,1-2H3,(H,34,37)(H,35,39)(H,36,38)/b29-20-. The van der Waals surface area contributed by atoms with Gasteiger partial charge in [-0.05, 0) is 91.7 Å². The molecule has 0 aliphatic rings. The van der Waals surface area contributed by atoms with Crippen LogP contribution in [0.15, 0.2) is 114 Å². The first-order chi connectivity index (χ1) is 19.3. The highest BCUT2D eigenvalue weighted by Crippen LogP contribution is 2.26. The Morgan fingerprint density at radius 3 is 2.05 bits per heavy atom. The van der Waals surface area contributed by atoms with E-state index in [-0.39, 0.29) is 17.4 Å². The molecule has 0 fully saturated rings. The quantitative estimate of drug-likeness (QED) is 0.160. The second-order valence-corrected chi connectivity index (χ2v) is 10.4. The van der Waals surface area contributed by atoms with Gasteiger partial charge in [0.2, 0.25) is 5.91 Å². The molecule has 3 N–H and O–H groups in total. The molecule has 0 spiro atoms. The summed E-state index contributed by atoms with van der Waals surface area (Å²) in [5, 5.41) is 7.93. The molecule has 4 aromatic carbocycles. The number of hydrogen-bond acceptors (Lipinski definition) is 4. The third kappa shape index (κ3) is 7.91. The van der Waals surface area contributed by atoms with Crippen LogP contribution in [0, 0.1) is 12.7 Å². The van der Waals surface area contributed by atoms with Crippen LogP contribution in [0.2, 0.25) is 0 Å². The van der Waals surface area contributed by atoms with Gasteiger partial charge in [0.1, 0.15) is 11.5 Å². The SMILES string of the molecule is Cc1ccccc1/C=C(\NC(=O)c1ccccc1)C(=O)Nc1ccc(SC(C)C(=O)Nc2ccc(F)cc2)cc1. The molecule has 0 bridgehead atoms. The van der Waals surface area contributed by atoms with E-state index in [1.165, 1.54) is 36.0 Å². The van der Waals surface area contributed by atoms with Crippen LogP contribution in [0.3, 0.4) is 0 Å². The van der Waals surface area contributed by atoms with Gasteiger partial charge in [-0.1, -0.05) is 42.5 Å². The van der Waals surface area contributed by atoms with Gasteiger partial charge in [0.25, 0.3) is 11.8 Å². The van der Waals surface area contributed by atoms with Crippen molar-refractivity contribution in [2.75, 3.05) is 10.6 Å². The zero-order chi connectivity index (χ0) is 28.5. The Labute approximate surface area is 236 Å². The summed E-state index contributed by atoms with van der Waals surface area (Å²) in [6, 6.07) is 28.9. The number of amides is 3. The first-order valence-corrected chi connectivity index (χ1v) is 13.4. The summed E-state index contributed by atoms with van der Waals surface area (Å²) in [5.74, 6) is -1.45. The second-order valence-electron chi connectivity index (χ2n) is 8.97. The normalized spacial score (nSPS) is 11.8. The van der Waals surface area contributed by atoms with Crippen molar-refractivity contribution in [2.24, 2.45) is 0 Å². The van der Waals surface area contributed by atoms with E-state index in [4.69, 9.17) is 0 Å². The molecule has 1 atom stereocenters. The van der Waals surface area contributed by atoms with Crippen LogP contribution < -0.4 is 16.0 Å². The van der Waals surface area contributed by atoms with Crippen LogP contribution >= 0.6 is 11.8 Å². The van der Waals surface area contributed by atoms with E-state index < -0.39 is 17.1 Å². The fourth-order valence-corrected chi connectivity index (χ4v) is 4.56. The van der Waals surface area contributed by atoms with Gasteiger partial charge in [0.15, 0.2) is 0 Å². The van der Waals surface area contributed by atoms with E-state index in [1.54, 1.807) is 61.5 Å². The van der Waals surface area contributed by atoms with Gasteiger partial charge >= 0.3 is 0 Å². The van der Waals surface area contributed by atoms with Crippen LogP contribution in [-0.2, 0) is 9.59 Å². The average Bonchev–Trinajstić information content (AvgIpc) is 2.96. The summed E-state index contributed by atoms with van der Waals surface area (Å²) in [5.41, 5.74) is 3.35. The van der Waals surface area contributed by atoms with Crippen molar-refractivity contribution < 1.29 is 18.8 Å². The molecule has 1 unspecified atom stereocenters. The van der Waals surface area contributed by atoms with Crippen LogP contribution in [0.4, 0.5) is 15.8 Å². The highest BCUT2D eigenvalue weighted by atomic mass is 32.2. The summed E-state index contributed by atoms with van der Waals surface area (Å²) in [6.07, 6.45) is 1.65. The number of thioether (sulfide) groups is 1. The number of anilines is 2. The summed E-state index contributed by atoms with van der Waals surface area (Å²) in [4.78, 5) is 39.5. The number of halogens is 1. The molecule has 202 valence electrons. The van der Waals surface area contributed by atoms with Gasteiger partial charge in [0, 0.05) is 21.8 Å². The van der Waals surface area contributed by atoms with Gasteiger partial charge in [0.05, 0.1) is 5.25 Å². The van der Waals surface area contributed by atoms with E-state index in [0.717, 1.165) is 16.0 Å². The summed E-state index contributed by atoms with van der Waals surface area (Å²) < 4.78 is 13.1. The molecule has 0 saturated heterocycles. The Kier molecular flexibility index (Phi) is 9.48. The minimum Gasteiger partial charge on any atom is -0.325 e. The number of carbonyl (C=O) groups is 3. The van der Waals surface area contributed by atoms with Crippen molar-refractivity contribution in [3.8, 4) is 0 Å². The van der Waals surface area contributed by atoms with E-state index in [2.05, 4.69) is 16.0 Å². The molecule has 0 saturated carbocycles. The van der Waals surface area contributed by atoms with Crippen molar-refractivity contribution >= 4 is 46.9 Å². The van der Waals surface area contributed by atoms with Crippen molar-refractivity contribution in [2.45, 2.75) is 24.0 Å². The Morgan fingerprint density at radius 2 is 1.38 bits per heavy atom. The molecule has 4 aromatic rings. The van der Waals surface area contributed by atoms with E-state index in [0.29, 0.717) is 16.9 Å². The van der Waals surface area contributed by atoms with Gasteiger partial charge in [-0.3, -0.25) is 14.4 Å². The zero-order valence-electron chi connectivity index (χ0n) is 22.0. The lowest BCUT2D eigenvalue weighted by Crippen LogP contribution is -2.30. The topological polar surface area (TPSA) is 87.3 Å². The first-order valence-electron chi connectivity index (χ1n) is 12.6. The van der Waals surface area contributed by atoms with Gasteiger partial charge in [-0.15, -0.1) is 11.8 Å². The lowest BCUT2D eigenvalue weighted by atomic mass is 10.1. The van der Waals surface area contributed by atoms with Crippen molar-refractivity contribution in [1.82, 2.24) is 5.32 Å². The first kappa shape index (κ1) is 28.3. The summed E-state index contributed by atoms with van der Waals surface area (Å²) in [7, 11) is 0. The lowest BCUT2D eigenvalue weighted by Gasteiger charge is -2.14. The minimum atomic E-state index is -0.472. The summed E-state index contributed by atoms with van der Waals surface area (Å²) in [6.45, 7) is 3.70. The Hall–Kier alpha value is -4.69. The average molecular weight is 554 g/mol. The number of benzene rings is 4. The van der Waals surface area contributed by atoms with Crippen LogP contribution in [0.1, 0.15) is 28.4 Å². The number of aryl methyl sites for hydroxylation is 1. The van der Waals surface area contributed by atoms with Crippen molar-refractivity contribution in [3.05, 3.63) is 131 Å². The van der Waals surface area contributed by atoms with Crippen LogP contribution in [0.5, 0.6) is 0 Å². The Balaban J connectivity index is 1.43. The number of carbonyl (C=O) groups excluding carboxylic acids is 3. The van der Waals surface area contributed by atoms with E-state index in [9.17, 15) is 18.8 Å². The van der Waals surface area contributed by atoms with E-state index >= 15 is 0 Å². The molecule has 4 rings (SSSR count). The largest absolute Gasteiger partial charge is 0.325 e. The monoisotopic (exact) mass is 553 g/mol. The van der Waals surface area contributed by atoms with Gasteiger partial charge < -0.3 is 16.0 Å². The molecule has 0 radical (unpaired) electrons. The molecule has 6 nitrogen and oxygen atoms in total. The number of hydrogen-bond donors (Lipinski definition) is 3. The third-order valence-electron chi connectivity index (χ3n) is 5.92. The predicted molar refractivity (Wildman–Crippen MR) is 158 cm³/mol. The number of nitrogens with one attached hydrogen (secondary N) is 3. The Morgan fingerprint density at radius 1 is 0.775 bits per heavy atom. The molecular weight excluding hydrogens is 525 g/mol. The fraction of sp³-hybridized carbons (Fsp3) is 0.0938. The zero-order valence-corrected chi connectivity index (χ0v) is 22.8. The molecule has 0 heterocycles. The molecular formula is C32H28FN3O3S. The molecule has 0 aliphatic carbocycles. The Bertz CT molecular complexity index is 1520. The van der Waals surface area contributed by atoms with Crippen LogP contribution in [0.25, 0.3) is 6.08 Å². The smallest absolute Gasteiger partial charge is 0.272 e. The maximum atomic E-state index is 13.3. The second kappa shape index (κ2) is 13.4. The highest BCUT2D eigenvalue weighted by molar-refractivity contribution is 8.00. The van der Waals surface area contributed by atoms with Crippen molar-refractivity contribution in [3.63, 3.8) is 0 Å². The maximum Gasteiger partial charge on any atom is 0.272 e. The van der Waals surface area contributed by atoms with Gasteiger partial charge in [-0.25, -0.2) is 4.39 Å². The highest BCUT2D eigenvalue weighted by Gasteiger charge is 2.17. The predicted octanol–water partition coefficient (Wildman–Crippen LogP) is 6.66. The molecule has 0 aromatic heterocycles. The van der Waals surface area contributed by atoms with E-state index in [1.807, 2.05) is 37.3 Å².